The zero-order chi connectivity index (χ0) is 25.4. The molecule has 2 heterocycles. The highest BCUT2D eigenvalue weighted by molar-refractivity contribution is 6.02. The van der Waals surface area contributed by atoms with E-state index in [2.05, 4.69) is 4.99 Å². The zero-order valence-corrected chi connectivity index (χ0v) is 20.0. The van der Waals surface area contributed by atoms with E-state index in [9.17, 15) is 14.7 Å². The van der Waals surface area contributed by atoms with Gasteiger partial charge < -0.3 is 9.84 Å². The van der Waals surface area contributed by atoms with E-state index in [4.69, 9.17) is 4.74 Å². The Bertz CT molecular complexity index is 1740. The van der Waals surface area contributed by atoms with E-state index < -0.39 is 5.56 Å². The lowest BCUT2D eigenvalue weighted by atomic mass is 10.1. The minimum Gasteiger partial charge on any atom is -0.495 e. The highest BCUT2D eigenvalue weighted by Gasteiger charge is 2.20. The Morgan fingerprint density at radius 2 is 1.50 bits per heavy atom. The van der Waals surface area contributed by atoms with Gasteiger partial charge in [-0.05, 0) is 37.3 Å². The van der Waals surface area contributed by atoms with Gasteiger partial charge in [0.2, 0.25) is 5.88 Å². The summed E-state index contributed by atoms with van der Waals surface area (Å²) < 4.78 is 9.90. The van der Waals surface area contributed by atoms with Crippen molar-refractivity contribution in [1.29, 1.82) is 0 Å². The molecule has 0 atom stereocenters. The molecule has 1 N–H and O–H groups in total. The third-order valence-corrected chi connectivity index (χ3v) is 6.28. The number of para-hydroxylation sites is 3. The van der Waals surface area contributed by atoms with Crippen LogP contribution in [-0.2, 0) is 7.05 Å². The summed E-state index contributed by atoms with van der Waals surface area (Å²) in [7, 11) is 3.29. The molecule has 36 heavy (non-hydrogen) atoms. The molecule has 0 saturated carbocycles. The number of rotatable bonds is 5. The fourth-order valence-corrected chi connectivity index (χ4v) is 4.36. The van der Waals surface area contributed by atoms with Gasteiger partial charge >= 0.3 is 0 Å². The molecule has 0 fully saturated rings. The summed E-state index contributed by atoms with van der Waals surface area (Å²) in [6.07, 6.45) is 1.43. The van der Waals surface area contributed by atoms with Crippen LogP contribution in [0.5, 0.6) is 11.6 Å². The quantitative estimate of drug-likeness (QED) is 0.381. The Morgan fingerprint density at radius 3 is 2.22 bits per heavy atom. The summed E-state index contributed by atoms with van der Waals surface area (Å²) in [5.74, 6) is 0.127. The normalized spacial score (nSPS) is 11.4. The predicted octanol–water partition coefficient (Wildman–Crippen LogP) is 4.25. The number of methoxy groups -OCH3 is 1. The van der Waals surface area contributed by atoms with Crippen molar-refractivity contribution >= 4 is 22.7 Å². The molecule has 0 unspecified atom stereocenters. The first-order valence-electron chi connectivity index (χ1n) is 11.3. The maximum Gasteiger partial charge on any atom is 0.297 e. The van der Waals surface area contributed by atoms with Gasteiger partial charge in [-0.15, -0.1) is 0 Å². The van der Waals surface area contributed by atoms with Crippen LogP contribution in [-0.4, -0.2) is 32.4 Å². The monoisotopic (exact) mass is 480 g/mol. The van der Waals surface area contributed by atoms with Crippen molar-refractivity contribution in [3.8, 4) is 23.0 Å². The van der Waals surface area contributed by atoms with Crippen molar-refractivity contribution in [2.24, 2.45) is 12.0 Å². The van der Waals surface area contributed by atoms with Crippen LogP contribution in [0.15, 0.2) is 93.4 Å². The smallest absolute Gasteiger partial charge is 0.297 e. The molecule has 0 radical (unpaired) electrons. The summed E-state index contributed by atoms with van der Waals surface area (Å²) >= 11 is 0. The third kappa shape index (κ3) is 3.60. The summed E-state index contributed by atoms with van der Waals surface area (Å²) in [5.41, 5.74) is 1.62. The highest BCUT2D eigenvalue weighted by atomic mass is 16.5. The molecule has 5 aromatic rings. The number of ether oxygens (including phenoxy) is 1. The number of nitrogens with zero attached hydrogens (tertiary/aromatic N) is 4. The second-order valence-electron chi connectivity index (χ2n) is 8.26. The fraction of sp³-hybridized carbons (Fsp3) is 0.107. The first-order chi connectivity index (χ1) is 17.4. The average Bonchev–Trinajstić information content (AvgIpc) is 3.12. The van der Waals surface area contributed by atoms with Crippen molar-refractivity contribution in [3.05, 3.63) is 111 Å². The van der Waals surface area contributed by atoms with Gasteiger partial charge in [0, 0.05) is 24.0 Å². The molecule has 8 heteroatoms. The van der Waals surface area contributed by atoms with Crippen molar-refractivity contribution in [1.82, 2.24) is 13.9 Å². The third-order valence-electron chi connectivity index (χ3n) is 6.28. The van der Waals surface area contributed by atoms with E-state index in [-0.39, 0.29) is 17.1 Å². The van der Waals surface area contributed by atoms with E-state index in [1.165, 1.54) is 22.6 Å². The van der Waals surface area contributed by atoms with E-state index in [1.807, 2.05) is 30.3 Å². The molecule has 180 valence electrons. The first kappa shape index (κ1) is 22.9. The predicted molar refractivity (Wildman–Crippen MR) is 141 cm³/mol. The van der Waals surface area contributed by atoms with Crippen LogP contribution in [0.3, 0.4) is 0 Å². The summed E-state index contributed by atoms with van der Waals surface area (Å²) in [5, 5.41) is 12.2. The number of aromatic nitrogens is 3. The Morgan fingerprint density at radius 1 is 0.861 bits per heavy atom. The van der Waals surface area contributed by atoms with Crippen LogP contribution in [0.4, 0.5) is 5.69 Å². The SMILES string of the molecule is COc1ccccc1-n1c(O)c(C=Nc2c(C)n(C)n(-c3ccccc3)c2=O)c2ccccc2c1=O. The lowest BCUT2D eigenvalue weighted by Gasteiger charge is -2.15. The van der Waals surface area contributed by atoms with Gasteiger partial charge in [-0.1, -0.05) is 48.5 Å². The van der Waals surface area contributed by atoms with E-state index in [0.717, 1.165) is 0 Å². The number of aliphatic imine (C=N–C) groups is 1. The maximum atomic E-state index is 13.4. The maximum absolute atomic E-state index is 13.4. The molecule has 5 rings (SSSR count). The van der Waals surface area contributed by atoms with E-state index >= 15 is 0 Å². The fourth-order valence-electron chi connectivity index (χ4n) is 4.36. The van der Waals surface area contributed by atoms with Gasteiger partial charge in [-0.2, -0.15) is 0 Å². The molecule has 0 amide bonds. The van der Waals surface area contributed by atoms with Crippen LogP contribution in [0, 0.1) is 6.92 Å². The van der Waals surface area contributed by atoms with Gasteiger partial charge in [0.25, 0.3) is 11.1 Å². The Kier molecular flexibility index (Phi) is 5.77. The van der Waals surface area contributed by atoms with Gasteiger partial charge in [0.05, 0.1) is 29.7 Å². The van der Waals surface area contributed by atoms with Crippen LogP contribution in [0.2, 0.25) is 0 Å². The Balaban J connectivity index is 1.75. The number of hydrogen-bond donors (Lipinski definition) is 1. The molecular weight excluding hydrogens is 456 g/mol. The molecule has 2 aromatic heterocycles. The molecule has 0 saturated heterocycles. The molecule has 0 aliphatic rings. The number of pyridine rings is 1. The summed E-state index contributed by atoms with van der Waals surface area (Å²) in [6.45, 7) is 1.81. The van der Waals surface area contributed by atoms with Crippen molar-refractivity contribution in [3.63, 3.8) is 0 Å². The second-order valence-corrected chi connectivity index (χ2v) is 8.26. The Hall–Kier alpha value is -4.85. The molecular formula is C28H24N4O4. The number of fused-ring (bicyclic) bond motifs is 1. The van der Waals surface area contributed by atoms with Crippen LogP contribution < -0.4 is 15.9 Å². The van der Waals surface area contributed by atoms with Gasteiger partial charge in [-0.25, -0.2) is 14.2 Å². The van der Waals surface area contributed by atoms with Gasteiger partial charge in [0.15, 0.2) is 5.69 Å². The molecule has 3 aromatic carbocycles. The largest absolute Gasteiger partial charge is 0.495 e. The van der Waals surface area contributed by atoms with Crippen LogP contribution in [0.25, 0.3) is 22.1 Å². The van der Waals surface area contributed by atoms with Crippen molar-refractivity contribution < 1.29 is 9.84 Å². The molecule has 0 aliphatic carbocycles. The number of aromatic hydroxyl groups is 1. The Labute approximate surface area is 206 Å². The minimum absolute atomic E-state index is 0.236. The lowest BCUT2D eigenvalue weighted by Crippen LogP contribution is -2.20. The zero-order valence-electron chi connectivity index (χ0n) is 20.0. The molecule has 0 aliphatic heterocycles. The van der Waals surface area contributed by atoms with Gasteiger partial charge in [-0.3, -0.25) is 14.3 Å². The van der Waals surface area contributed by atoms with Crippen LogP contribution >= 0.6 is 0 Å². The van der Waals surface area contributed by atoms with E-state index in [0.29, 0.717) is 39.2 Å². The number of benzene rings is 3. The van der Waals surface area contributed by atoms with Crippen molar-refractivity contribution in [2.45, 2.75) is 6.92 Å². The van der Waals surface area contributed by atoms with Crippen molar-refractivity contribution in [2.75, 3.05) is 7.11 Å². The number of hydrogen-bond acceptors (Lipinski definition) is 5. The van der Waals surface area contributed by atoms with E-state index in [1.54, 1.807) is 67.2 Å². The minimum atomic E-state index is -0.396. The lowest BCUT2D eigenvalue weighted by molar-refractivity contribution is 0.404. The summed E-state index contributed by atoms with van der Waals surface area (Å²) in [4.78, 5) is 31.2. The first-order valence-corrected chi connectivity index (χ1v) is 11.3. The molecule has 0 bridgehead atoms. The molecule has 0 spiro atoms. The molecule has 8 nitrogen and oxygen atoms in total. The topological polar surface area (TPSA) is 90.8 Å². The average molecular weight is 481 g/mol. The van der Waals surface area contributed by atoms with Gasteiger partial charge in [0.1, 0.15) is 5.75 Å². The van der Waals surface area contributed by atoms with Crippen LogP contribution in [0.1, 0.15) is 11.3 Å². The highest BCUT2D eigenvalue weighted by Crippen LogP contribution is 2.30. The summed E-state index contributed by atoms with van der Waals surface area (Å²) in [6, 6.07) is 23.2. The second kappa shape index (κ2) is 9.07. The standard InChI is InChI=1S/C28H24N4O4/c1-18-25(28(35)32(30(18)2)19-11-5-4-6-12-19)29-17-22-20-13-7-8-14-21(20)26(33)31(27(22)34)23-15-9-10-16-24(23)36-3/h4-17,34H,1-3H3.